The molecule has 3 N–H and O–H groups in total. The van der Waals surface area contributed by atoms with Gasteiger partial charge in [-0.15, -0.1) is 0 Å². The second kappa shape index (κ2) is 7.32. The lowest BCUT2D eigenvalue weighted by Crippen LogP contribution is -2.45. The van der Waals surface area contributed by atoms with Gasteiger partial charge in [0, 0.05) is 30.9 Å². The summed E-state index contributed by atoms with van der Waals surface area (Å²) in [5.74, 6) is 0. The van der Waals surface area contributed by atoms with E-state index in [-0.39, 0.29) is 23.5 Å². The summed E-state index contributed by atoms with van der Waals surface area (Å²) in [6, 6.07) is 7.60. The first kappa shape index (κ1) is 17.8. The molecular weight excluding hydrogens is 292 g/mol. The Morgan fingerprint density at radius 3 is 2.52 bits per heavy atom. The van der Waals surface area contributed by atoms with Crippen LogP contribution in [0.5, 0.6) is 0 Å². The molecule has 0 aromatic heterocycles. The second-order valence-corrected chi connectivity index (χ2v) is 7.37. The number of para-hydroxylation sites is 1. The fraction of sp³-hybridized carbons (Fsp3) is 0.611. The van der Waals surface area contributed by atoms with Crippen molar-refractivity contribution in [2.75, 3.05) is 31.7 Å². The minimum atomic E-state index is -0.265. The van der Waals surface area contributed by atoms with E-state index >= 15 is 0 Å². The molecule has 1 saturated heterocycles. The maximum Gasteiger partial charge on any atom is 0.319 e. The van der Waals surface area contributed by atoms with Gasteiger partial charge >= 0.3 is 6.03 Å². The summed E-state index contributed by atoms with van der Waals surface area (Å²) in [6.07, 6.45) is 1.53. The molecule has 0 spiro atoms. The number of nitrogens with one attached hydrogen (secondary N) is 2. The summed E-state index contributed by atoms with van der Waals surface area (Å²) in [5, 5.41) is 15.5. The molecule has 0 bridgehead atoms. The summed E-state index contributed by atoms with van der Waals surface area (Å²) in [7, 11) is 0. The van der Waals surface area contributed by atoms with Crippen molar-refractivity contribution in [2.45, 2.75) is 39.0 Å². The van der Waals surface area contributed by atoms with Crippen LogP contribution in [0.15, 0.2) is 24.3 Å². The van der Waals surface area contributed by atoms with Crippen LogP contribution in [0.3, 0.4) is 0 Å². The molecule has 0 radical (unpaired) electrons. The van der Waals surface area contributed by atoms with Crippen molar-refractivity contribution < 1.29 is 14.6 Å². The molecule has 2 rings (SSSR count). The average molecular weight is 320 g/mol. The molecule has 0 aliphatic carbocycles. The van der Waals surface area contributed by atoms with E-state index in [2.05, 4.69) is 31.4 Å². The monoisotopic (exact) mass is 320 g/mol. The summed E-state index contributed by atoms with van der Waals surface area (Å²) < 4.78 is 5.34. The van der Waals surface area contributed by atoms with E-state index in [4.69, 9.17) is 4.74 Å². The number of hydrogen-bond acceptors (Lipinski definition) is 3. The van der Waals surface area contributed by atoms with Gasteiger partial charge in [0.15, 0.2) is 0 Å². The van der Waals surface area contributed by atoms with Gasteiger partial charge in [0.05, 0.1) is 6.61 Å². The van der Waals surface area contributed by atoms with Crippen molar-refractivity contribution in [3.63, 3.8) is 0 Å². The smallest absolute Gasteiger partial charge is 0.319 e. The van der Waals surface area contributed by atoms with Crippen molar-refractivity contribution in [1.29, 1.82) is 0 Å². The molecule has 0 atom stereocenters. The Kier molecular flexibility index (Phi) is 5.65. The predicted octanol–water partition coefficient (Wildman–Crippen LogP) is 2.89. The molecule has 1 aromatic carbocycles. The van der Waals surface area contributed by atoms with Crippen LogP contribution in [0.25, 0.3) is 0 Å². The molecule has 1 aliphatic heterocycles. The van der Waals surface area contributed by atoms with Gasteiger partial charge in [-0.1, -0.05) is 39.0 Å². The predicted molar refractivity (Wildman–Crippen MR) is 91.7 cm³/mol. The molecule has 5 heteroatoms. The van der Waals surface area contributed by atoms with Crippen molar-refractivity contribution in [3.8, 4) is 0 Å². The van der Waals surface area contributed by atoms with Crippen molar-refractivity contribution in [3.05, 3.63) is 29.8 Å². The zero-order valence-electron chi connectivity index (χ0n) is 14.3. The Balaban J connectivity index is 1.98. The third-order valence-corrected chi connectivity index (χ3v) is 4.50. The van der Waals surface area contributed by atoms with Gasteiger partial charge < -0.3 is 20.5 Å². The van der Waals surface area contributed by atoms with E-state index in [1.54, 1.807) is 0 Å². The standard InChI is InChI=1S/C18H28N2O3/c1-17(2,3)14-6-4-5-7-15(14)20-16(22)19-12-18(13-21)8-10-23-11-9-18/h4-7,21H,8-13H2,1-3H3,(H2,19,20,22). The summed E-state index contributed by atoms with van der Waals surface area (Å²) in [6.45, 7) is 8.15. The Morgan fingerprint density at radius 2 is 1.91 bits per heavy atom. The molecule has 1 heterocycles. The lowest BCUT2D eigenvalue weighted by Gasteiger charge is -2.35. The van der Waals surface area contributed by atoms with Crippen molar-refractivity contribution in [2.24, 2.45) is 5.41 Å². The highest BCUT2D eigenvalue weighted by Gasteiger charge is 2.32. The van der Waals surface area contributed by atoms with E-state index in [9.17, 15) is 9.90 Å². The van der Waals surface area contributed by atoms with Crippen LogP contribution in [0.1, 0.15) is 39.2 Å². The van der Waals surface area contributed by atoms with Gasteiger partial charge in [-0.3, -0.25) is 0 Å². The van der Waals surface area contributed by atoms with Crippen molar-refractivity contribution in [1.82, 2.24) is 5.32 Å². The molecule has 0 unspecified atom stereocenters. The number of urea groups is 1. The quantitative estimate of drug-likeness (QED) is 0.799. The lowest BCUT2D eigenvalue weighted by atomic mass is 9.81. The molecule has 1 aliphatic rings. The van der Waals surface area contributed by atoms with Crippen LogP contribution in [0.2, 0.25) is 0 Å². The number of amides is 2. The van der Waals surface area contributed by atoms with Crippen LogP contribution in [-0.4, -0.2) is 37.5 Å². The third kappa shape index (κ3) is 4.69. The number of ether oxygens (including phenoxy) is 1. The lowest BCUT2D eigenvalue weighted by molar-refractivity contribution is -0.0136. The second-order valence-electron chi connectivity index (χ2n) is 7.37. The highest BCUT2D eigenvalue weighted by Crippen LogP contribution is 2.30. The van der Waals surface area contributed by atoms with Crippen molar-refractivity contribution >= 4 is 11.7 Å². The van der Waals surface area contributed by atoms with Crippen LogP contribution in [-0.2, 0) is 10.2 Å². The molecule has 2 amide bonds. The molecule has 1 aromatic rings. The number of rotatable bonds is 4. The highest BCUT2D eigenvalue weighted by atomic mass is 16.5. The van der Waals surface area contributed by atoms with Gasteiger partial charge in [-0.2, -0.15) is 0 Å². The number of benzene rings is 1. The van der Waals surface area contributed by atoms with Gasteiger partial charge in [-0.05, 0) is 29.9 Å². The van der Waals surface area contributed by atoms with Crippen LogP contribution < -0.4 is 10.6 Å². The fourth-order valence-electron chi connectivity index (χ4n) is 2.88. The number of aliphatic hydroxyl groups is 1. The minimum absolute atomic E-state index is 0.0447. The molecule has 1 fully saturated rings. The third-order valence-electron chi connectivity index (χ3n) is 4.50. The first-order chi connectivity index (χ1) is 10.9. The largest absolute Gasteiger partial charge is 0.396 e. The van der Waals surface area contributed by atoms with Crippen LogP contribution in [0, 0.1) is 5.41 Å². The Labute approximate surface area is 138 Å². The summed E-state index contributed by atoms with van der Waals surface area (Å²) in [5.41, 5.74) is 1.61. The number of carbonyl (C=O) groups excluding carboxylic acids is 1. The maximum atomic E-state index is 12.3. The molecule has 0 saturated carbocycles. The van der Waals surface area contributed by atoms with E-state index in [0.29, 0.717) is 19.8 Å². The van der Waals surface area contributed by atoms with Gasteiger partial charge in [-0.25, -0.2) is 4.79 Å². The van der Waals surface area contributed by atoms with Gasteiger partial charge in [0.2, 0.25) is 0 Å². The molecular formula is C18H28N2O3. The van der Waals surface area contributed by atoms with E-state index < -0.39 is 0 Å². The first-order valence-corrected chi connectivity index (χ1v) is 8.19. The maximum absolute atomic E-state index is 12.3. The number of anilines is 1. The fourth-order valence-corrected chi connectivity index (χ4v) is 2.88. The normalized spacial score (nSPS) is 17.6. The van der Waals surface area contributed by atoms with E-state index in [0.717, 1.165) is 24.1 Å². The Morgan fingerprint density at radius 1 is 1.26 bits per heavy atom. The highest BCUT2D eigenvalue weighted by molar-refractivity contribution is 5.90. The number of aliphatic hydroxyl groups excluding tert-OH is 1. The Hall–Kier alpha value is -1.59. The zero-order valence-corrected chi connectivity index (χ0v) is 14.3. The summed E-state index contributed by atoms with van der Waals surface area (Å²) in [4.78, 5) is 12.3. The SMILES string of the molecule is CC(C)(C)c1ccccc1NC(=O)NCC1(CO)CCOCC1. The average Bonchev–Trinajstić information content (AvgIpc) is 2.53. The number of hydrogen-bond donors (Lipinski definition) is 3. The number of carbonyl (C=O) groups is 1. The van der Waals surface area contributed by atoms with E-state index in [1.165, 1.54) is 0 Å². The molecule has 128 valence electrons. The van der Waals surface area contributed by atoms with Gasteiger partial charge in [0.25, 0.3) is 0 Å². The zero-order chi connectivity index (χ0) is 16.9. The molecule has 23 heavy (non-hydrogen) atoms. The van der Waals surface area contributed by atoms with E-state index in [1.807, 2.05) is 24.3 Å². The first-order valence-electron chi connectivity index (χ1n) is 8.19. The van der Waals surface area contributed by atoms with Gasteiger partial charge in [0.1, 0.15) is 0 Å². The Bertz CT molecular complexity index is 531. The summed E-state index contributed by atoms with van der Waals surface area (Å²) >= 11 is 0. The van der Waals surface area contributed by atoms with Crippen LogP contribution >= 0.6 is 0 Å². The minimum Gasteiger partial charge on any atom is -0.396 e. The topological polar surface area (TPSA) is 70.6 Å². The molecule has 5 nitrogen and oxygen atoms in total. The van der Waals surface area contributed by atoms with Crippen LogP contribution in [0.4, 0.5) is 10.5 Å².